The molecule has 2 nitrogen and oxygen atoms in total. The van der Waals surface area contributed by atoms with Gasteiger partial charge in [0, 0.05) is 12.6 Å². The van der Waals surface area contributed by atoms with Crippen LogP contribution in [-0.4, -0.2) is 13.2 Å². The van der Waals surface area contributed by atoms with Crippen LogP contribution in [0.25, 0.3) is 0 Å². The Balaban J connectivity index is 0.000000980. The minimum absolute atomic E-state index is 0. The predicted octanol–water partition coefficient (Wildman–Crippen LogP) is -1.05. The molecule has 0 spiro atoms. The van der Waals surface area contributed by atoms with E-state index in [2.05, 4.69) is 17.4 Å². The monoisotopic (exact) mass is 212 g/mol. The van der Waals surface area contributed by atoms with Crippen LogP contribution in [0.4, 0.5) is 0 Å². The van der Waals surface area contributed by atoms with Crippen LogP contribution in [0.1, 0.15) is 18.4 Å². The Bertz CT molecular complexity index is 269. The second-order valence-electron chi connectivity index (χ2n) is 3.50. The lowest BCUT2D eigenvalue weighted by Crippen LogP contribution is -3.00. The van der Waals surface area contributed by atoms with Gasteiger partial charge in [0.05, 0.1) is 7.11 Å². The highest BCUT2D eigenvalue weighted by molar-refractivity contribution is 5.27. The first-order chi connectivity index (χ1) is 6.38. The topological polar surface area (TPSA) is 21.3 Å². The van der Waals surface area contributed by atoms with Crippen LogP contribution in [0.2, 0.25) is 0 Å². The summed E-state index contributed by atoms with van der Waals surface area (Å²) in [6.07, 6.45) is 2.69. The normalized spacial score (nSPS) is 14.6. The van der Waals surface area contributed by atoms with Gasteiger partial charge in [-0.25, -0.2) is 0 Å². The highest BCUT2D eigenvalue weighted by atomic mass is 35.5. The van der Waals surface area contributed by atoms with E-state index in [9.17, 15) is 0 Å². The number of hydrogen-bond donors (Lipinski definition) is 1. The lowest BCUT2D eigenvalue weighted by Gasteiger charge is -2.04. The van der Waals surface area contributed by atoms with Crippen molar-refractivity contribution in [2.24, 2.45) is 0 Å². The molecule has 1 aromatic rings. The summed E-state index contributed by atoms with van der Waals surface area (Å²) < 4.78 is 5.09. The summed E-state index contributed by atoms with van der Waals surface area (Å²) >= 11 is 0. The zero-order valence-corrected chi connectivity index (χ0v) is 9.05. The Hall–Kier alpha value is -0.730. The summed E-state index contributed by atoms with van der Waals surface area (Å²) in [5.41, 5.74) is 1.33. The van der Waals surface area contributed by atoms with E-state index in [0.717, 1.165) is 18.3 Å². The van der Waals surface area contributed by atoms with E-state index in [0.29, 0.717) is 0 Å². The molecule has 1 fully saturated rings. The van der Waals surface area contributed by atoms with Gasteiger partial charge in [-0.1, -0.05) is 12.1 Å². The molecule has 1 aromatic carbocycles. The van der Waals surface area contributed by atoms with E-state index in [1.54, 1.807) is 7.11 Å². The van der Waals surface area contributed by atoms with Crippen molar-refractivity contribution >= 4 is 0 Å². The van der Waals surface area contributed by atoms with Gasteiger partial charge in [-0.3, -0.25) is 0 Å². The molecule has 78 valence electrons. The molecule has 0 saturated heterocycles. The van der Waals surface area contributed by atoms with E-state index < -0.39 is 0 Å². The highest BCUT2D eigenvalue weighted by Gasteiger charge is 2.19. The van der Waals surface area contributed by atoms with Gasteiger partial charge in [-0.05, 0) is 30.5 Å². The van der Waals surface area contributed by atoms with Gasteiger partial charge in [0.1, 0.15) is 5.75 Å². The maximum Gasteiger partial charge on any atom is 0.118 e. The number of rotatable bonds is 4. The second kappa shape index (κ2) is 5.23. The van der Waals surface area contributed by atoms with Crippen molar-refractivity contribution in [3.63, 3.8) is 0 Å². The molecule has 1 aliphatic rings. The molecule has 2 rings (SSSR count). The van der Waals surface area contributed by atoms with Gasteiger partial charge in [0.25, 0.3) is 0 Å². The number of methoxy groups -OCH3 is 1. The number of nitrogens with one attached hydrogen (secondary N) is 1. The van der Waals surface area contributed by atoms with Gasteiger partial charge in [-0.2, -0.15) is 0 Å². The molecule has 0 unspecified atom stereocenters. The lowest BCUT2D eigenvalue weighted by molar-refractivity contribution is -0.00000305. The van der Waals surface area contributed by atoms with E-state index in [1.807, 2.05) is 12.1 Å². The summed E-state index contributed by atoms with van der Waals surface area (Å²) in [6, 6.07) is 9.00. The van der Waals surface area contributed by atoms with Crippen molar-refractivity contribution in [3.05, 3.63) is 29.8 Å². The first-order valence-electron chi connectivity index (χ1n) is 4.75. The lowest BCUT2D eigenvalue weighted by atomic mass is 10.2. The summed E-state index contributed by atoms with van der Waals surface area (Å²) in [5.74, 6) is 0.926. The molecular formula is C11H15ClNO-. The first kappa shape index (κ1) is 11.3. The van der Waals surface area contributed by atoms with Crippen molar-refractivity contribution in [2.45, 2.75) is 25.4 Å². The number of hydrogen-bond acceptors (Lipinski definition) is 2. The van der Waals surface area contributed by atoms with Gasteiger partial charge >= 0.3 is 0 Å². The van der Waals surface area contributed by atoms with E-state index in [-0.39, 0.29) is 12.4 Å². The highest BCUT2D eigenvalue weighted by Crippen LogP contribution is 2.19. The van der Waals surface area contributed by atoms with E-state index >= 15 is 0 Å². The Morgan fingerprint density at radius 1 is 1.29 bits per heavy atom. The average Bonchev–Trinajstić information content (AvgIpc) is 2.99. The smallest absolute Gasteiger partial charge is 0.118 e. The molecule has 0 aliphatic heterocycles. The minimum Gasteiger partial charge on any atom is -1.00 e. The zero-order valence-electron chi connectivity index (χ0n) is 8.29. The van der Waals surface area contributed by atoms with Crippen LogP contribution >= 0.6 is 0 Å². The molecule has 14 heavy (non-hydrogen) atoms. The van der Waals surface area contributed by atoms with Gasteiger partial charge in [-0.15, -0.1) is 0 Å². The van der Waals surface area contributed by atoms with Crippen molar-refractivity contribution in [1.82, 2.24) is 5.32 Å². The summed E-state index contributed by atoms with van der Waals surface area (Å²) in [7, 11) is 1.69. The number of halogens is 1. The maximum atomic E-state index is 5.09. The van der Waals surface area contributed by atoms with Gasteiger partial charge < -0.3 is 22.5 Å². The largest absolute Gasteiger partial charge is 1.00 e. The first-order valence-corrected chi connectivity index (χ1v) is 4.75. The van der Waals surface area contributed by atoms with Crippen LogP contribution < -0.4 is 22.5 Å². The molecule has 0 bridgehead atoms. The Kier molecular flexibility index (Phi) is 4.23. The summed E-state index contributed by atoms with van der Waals surface area (Å²) in [4.78, 5) is 0. The standard InChI is InChI=1S/C11H15NO.ClH/c1-13-11-6-2-9(3-7-11)8-12-10-4-5-10;/h2-3,6-7,10,12H,4-5,8H2,1H3;1H/p-1. The molecule has 1 aliphatic carbocycles. The molecule has 0 atom stereocenters. The SMILES string of the molecule is COc1ccc(CNC2CC2)cc1.[Cl-]. The van der Waals surface area contributed by atoms with Gasteiger partial charge in [0.2, 0.25) is 0 Å². The van der Waals surface area contributed by atoms with Crippen LogP contribution in [-0.2, 0) is 6.54 Å². The Morgan fingerprint density at radius 2 is 1.93 bits per heavy atom. The fourth-order valence-electron chi connectivity index (χ4n) is 1.29. The fourth-order valence-corrected chi connectivity index (χ4v) is 1.29. The van der Waals surface area contributed by atoms with E-state index in [1.165, 1.54) is 18.4 Å². The quantitative estimate of drug-likeness (QED) is 0.688. The number of ether oxygens (including phenoxy) is 1. The van der Waals surface area contributed by atoms with Crippen molar-refractivity contribution in [1.29, 1.82) is 0 Å². The molecule has 0 heterocycles. The van der Waals surface area contributed by atoms with Crippen LogP contribution in [0.5, 0.6) is 5.75 Å². The molecule has 3 heteroatoms. The van der Waals surface area contributed by atoms with E-state index in [4.69, 9.17) is 4.74 Å². The zero-order chi connectivity index (χ0) is 9.10. The summed E-state index contributed by atoms with van der Waals surface area (Å²) in [5, 5.41) is 3.47. The Labute approximate surface area is 91.1 Å². The van der Waals surface area contributed by atoms with Crippen LogP contribution in [0.3, 0.4) is 0 Å². The minimum atomic E-state index is 0. The Morgan fingerprint density at radius 3 is 2.43 bits per heavy atom. The fraction of sp³-hybridized carbons (Fsp3) is 0.455. The van der Waals surface area contributed by atoms with Crippen molar-refractivity contribution in [2.75, 3.05) is 7.11 Å². The molecule has 0 aromatic heterocycles. The summed E-state index contributed by atoms with van der Waals surface area (Å²) in [6.45, 7) is 0.981. The average molecular weight is 213 g/mol. The number of benzene rings is 1. The maximum absolute atomic E-state index is 5.09. The second-order valence-corrected chi connectivity index (χ2v) is 3.50. The predicted molar refractivity (Wildman–Crippen MR) is 52.9 cm³/mol. The van der Waals surface area contributed by atoms with Crippen molar-refractivity contribution < 1.29 is 17.1 Å². The third-order valence-electron chi connectivity index (χ3n) is 2.33. The molecule has 0 amide bonds. The third-order valence-corrected chi connectivity index (χ3v) is 2.33. The molecule has 1 N–H and O–H groups in total. The molecule has 1 saturated carbocycles. The third kappa shape index (κ3) is 3.20. The van der Waals surface area contributed by atoms with Crippen molar-refractivity contribution in [3.8, 4) is 5.75 Å². The van der Waals surface area contributed by atoms with Crippen LogP contribution in [0, 0.1) is 0 Å². The molecule has 0 radical (unpaired) electrons. The van der Waals surface area contributed by atoms with Crippen LogP contribution in [0.15, 0.2) is 24.3 Å². The molecular weight excluding hydrogens is 198 g/mol. The van der Waals surface area contributed by atoms with Gasteiger partial charge in [0.15, 0.2) is 0 Å².